The zero-order valence-corrected chi connectivity index (χ0v) is 46.8. The van der Waals surface area contributed by atoms with E-state index >= 15 is 0 Å². The highest BCUT2D eigenvalue weighted by Gasteiger charge is 2.64. The molecule has 2 aromatic carbocycles. The second-order valence-corrected chi connectivity index (χ2v) is 20.9. The number of carboxylic acids is 1. The van der Waals surface area contributed by atoms with Crippen molar-refractivity contribution >= 4 is 69.9 Å². The van der Waals surface area contributed by atoms with Gasteiger partial charge in [0, 0.05) is 84.2 Å². The summed E-state index contributed by atoms with van der Waals surface area (Å²) in [6.45, 7) is 7.64. The molecule has 6 rings (SSSR count). The number of hydrogen-bond acceptors (Lipinski definition) is 15. The van der Waals surface area contributed by atoms with Gasteiger partial charge in [0.2, 0.25) is 23.6 Å². The zero-order valence-electron chi connectivity index (χ0n) is 46.1. The van der Waals surface area contributed by atoms with Gasteiger partial charge >= 0.3 is 18.0 Å². The average Bonchev–Trinajstić information content (AvgIpc) is 4.20. The molecule has 0 aliphatic carbocycles. The number of rotatable bonds is 20. The summed E-state index contributed by atoms with van der Waals surface area (Å²) in [6, 6.07) is 11.0. The molecule has 22 nitrogen and oxygen atoms in total. The standard InChI is InChI=1S/C55H75ClN8O14/c1-32-15-13-18-43(75-10)55(73)30-42(76-53(72)60-55)33(2)50-54(4,78-50)44(29-47(67)63(8)40-26-35(25-32)27-41(74-9)49(40)56)77-52(71)34(3)62(7)46(66)19-14-23-58-51(70)38(20-21-48(68)69)59-45(65)22-24-64-37(31-61(6)57-5)28-36-16-11-12-17-39(36)64/h11-13,15-18,26-28,33-34,38,42-44,50,57,73H,14,19-25,29-31H2,1-10H3,(H,58,70)(H,59,65)(H,60,72)(H,68,69). The van der Waals surface area contributed by atoms with Gasteiger partial charge in [-0.05, 0) is 82.3 Å². The zero-order chi connectivity index (χ0) is 57.2. The van der Waals surface area contributed by atoms with Gasteiger partial charge in [0.15, 0.2) is 5.72 Å². The van der Waals surface area contributed by atoms with Crippen LogP contribution in [0.4, 0.5) is 10.5 Å². The molecule has 3 aliphatic heterocycles. The molecule has 0 radical (unpaired) electrons. The average molecular weight is 1110 g/mol. The predicted molar refractivity (Wildman–Crippen MR) is 289 cm³/mol. The quantitative estimate of drug-likeness (QED) is 0.0397. The minimum atomic E-state index is -1.90. The van der Waals surface area contributed by atoms with Crippen LogP contribution in [0.2, 0.25) is 5.02 Å². The minimum Gasteiger partial charge on any atom is -0.495 e. The lowest BCUT2D eigenvalue weighted by molar-refractivity contribution is -0.162. The van der Waals surface area contributed by atoms with Crippen molar-refractivity contribution in [2.24, 2.45) is 5.92 Å². The number of allylic oxidation sites excluding steroid dienone is 3. The summed E-state index contributed by atoms with van der Waals surface area (Å²) in [5.74, 6) is -4.33. The van der Waals surface area contributed by atoms with Crippen LogP contribution in [0.1, 0.15) is 83.9 Å². The van der Waals surface area contributed by atoms with E-state index in [0.29, 0.717) is 30.9 Å². The van der Waals surface area contributed by atoms with Crippen molar-refractivity contribution in [3.63, 3.8) is 0 Å². The molecule has 5 amide bonds. The van der Waals surface area contributed by atoms with E-state index in [1.807, 2.05) is 60.9 Å². The number of amides is 5. The Hall–Kier alpha value is -6.56. The number of methoxy groups -OCH3 is 2. The van der Waals surface area contributed by atoms with Crippen LogP contribution in [0.15, 0.2) is 66.3 Å². The summed E-state index contributed by atoms with van der Waals surface area (Å²) < 4.78 is 31.5. The lowest BCUT2D eigenvalue weighted by atomic mass is 9.83. The number of nitrogens with zero attached hydrogens (tertiary/aromatic N) is 4. The molecule has 2 saturated heterocycles. The van der Waals surface area contributed by atoms with E-state index in [0.717, 1.165) is 27.7 Å². The van der Waals surface area contributed by atoms with Crippen molar-refractivity contribution in [3.8, 4) is 5.75 Å². The van der Waals surface area contributed by atoms with Crippen LogP contribution < -0.4 is 31.0 Å². The van der Waals surface area contributed by atoms with E-state index in [1.165, 1.54) is 45.0 Å². The van der Waals surface area contributed by atoms with Crippen LogP contribution in [0.25, 0.3) is 10.9 Å². The number of aliphatic carboxylic acids is 1. The number of hydrazine groups is 1. The molecule has 2 fully saturated rings. The molecule has 3 aromatic rings. The number of carboxylic acid groups (broad SMARTS) is 1. The number of ether oxygens (including phenoxy) is 5. The molecule has 78 heavy (non-hydrogen) atoms. The molecule has 9 unspecified atom stereocenters. The molecule has 9 atom stereocenters. The first-order valence-electron chi connectivity index (χ1n) is 26.0. The van der Waals surface area contributed by atoms with Crippen LogP contribution >= 0.6 is 11.6 Å². The summed E-state index contributed by atoms with van der Waals surface area (Å²) in [7, 11) is 9.52. The second kappa shape index (κ2) is 26.4. The molecule has 4 bridgehead atoms. The fraction of sp³-hybridized carbons (Fsp3) is 0.545. The first-order chi connectivity index (χ1) is 36.9. The van der Waals surface area contributed by atoms with Crippen LogP contribution in [-0.2, 0) is 67.2 Å². The fourth-order valence-electron chi connectivity index (χ4n) is 9.97. The van der Waals surface area contributed by atoms with Gasteiger partial charge in [-0.25, -0.2) is 14.6 Å². The number of carbonyl (C=O) groups is 7. The van der Waals surface area contributed by atoms with Crippen molar-refractivity contribution < 1.29 is 67.5 Å². The third kappa shape index (κ3) is 14.8. The van der Waals surface area contributed by atoms with Crippen molar-refractivity contribution in [1.82, 2.24) is 35.9 Å². The number of benzene rings is 2. The number of likely N-dealkylation sites (N-methyl/N-ethyl adjacent to an activating group) is 1. The van der Waals surface area contributed by atoms with Gasteiger partial charge < -0.3 is 58.9 Å². The summed E-state index contributed by atoms with van der Waals surface area (Å²) >= 11 is 6.82. The Bertz CT molecular complexity index is 2770. The maximum Gasteiger partial charge on any atom is 0.409 e. The van der Waals surface area contributed by atoms with Gasteiger partial charge in [0.05, 0.1) is 31.9 Å². The summed E-state index contributed by atoms with van der Waals surface area (Å²) in [5.41, 5.74) is 3.73. The van der Waals surface area contributed by atoms with Crippen molar-refractivity contribution in [1.29, 1.82) is 0 Å². The Balaban J connectivity index is 1.12. The Morgan fingerprint density at radius 1 is 1.06 bits per heavy atom. The normalized spacial score (nSPS) is 24.2. The van der Waals surface area contributed by atoms with E-state index in [4.69, 9.17) is 35.3 Å². The van der Waals surface area contributed by atoms with Gasteiger partial charge in [-0.2, -0.15) is 0 Å². The molecular formula is C55H75ClN8O14. The minimum absolute atomic E-state index is 0.0109. The van der Waals surface area contributed by atoms with E-state index < -0.39 is 102 Å². The van der Waals surface area contributed by atoms with Crippen molar-refractivity contribution in [3.05, 3.63) is 82.5 Å². The number of carbonyl (C=O) groups excluding carboxylic acids is 6. The number of aromatic nitrogens is 1. The number of nitrogens with one attached hydrogen (secondary N) is 4. The first-order valence-corrected chi connectivity index (χ1v) is 26.4. The van der Waals surface area contributed by atoms with Crippen LogP contribution in [0.3, 0.4) is 0 Å². The lowest BCUT2D eigenvalue weighted by Gasteiger charge is -2.42. The van der Waals surface area contributed by atoms with Gasteiger partial charge in [-0.3, -0.25) is 34.7 Å². The Morgan fingerprint density at radius 2 is 1.79 bits per heavy atom. The molecular weight excluding hydrogens is 1030 g/mol. The second-order valence-electron chi connectivity index (χ2n) is 20.5. The Kier molecular flexibility index (Phi) is 20.5. The van der Waals surface area contributed by atoms with Gasteiger partial charge in [0.25, 0.3) is 0 Å². The molecule has 6 N–H and O–H groups in total. The van der Waals surface area contributed by atoms with Gasteiger partial charge in [-0.1, -0.05) is 60.5 Å². The molecule has 1 aromatic heterocycles. The molecule has 426 valence electrons. The summed E-state index contributed by atoms with van der Waals surface area (Å²) in [4.78, 5) is 96.1. The van der Waals surface area contributed by atoms with E-state index in [9.17, 15) is 43.8 Å². The maximum atomic E-state index is 14.4. The molecule has 0 spiro atoms. The number of epoxide rings is 1. The van der Waals surface area contributed by atoms with E-state index in [2.05, 4.69) is 27.4 Å². The number of anilines is 1. The fourth-order valence-corrected chi connectivity index (χ4v) is 10.3. The Labute approximate surface area is 459 Å². The molecule has 23 heteroatoms. The highest BCUT2D eigenvalue weighted by atomic mass is 35.5. The number of halogens is 1. The number of para-hydroxylation sites is 1. The van der Waals surface area contributed by atoms with E-state index in [-0.39, 0.29) is 50.1 Å². The van der Waals surface area contributed by atoms with Crippen molar-refractivity contribution in [2.45, 2.75) is 140 Å². The van der Waals surface area contributed by atoms with E-state index in [1.54, 1.807) is 38.1 Å². The number of esters is 1. The summed E-state index contributed by atoms with van der Waals surface area (Å²) in [5, 5.41) is 32.3. The third-order valence-corrected chi connectivity index (χ3v) is 15.3. The SMILES string of the molecule is CNN(C)Cc1cc2ccccc2n1CCC(=O)NC(CCC(=O)O)C(=O)NCCCC(=O)N(C)C(C)C(=O)OC1CC(=O)N(C)c2cc(cc(OC)c2Cl)CC(C)=CC=CC(OC)C2(O)CC(OC(=O)N2)C(C)C2OC12C. The monoisotopic (exact) mass is 1110 g/mol. The van der Waals surface area contributed by atoms with Crippen LogP contribution in [0.5, 0.6) is 5.75 Å². The van der Waals surface area contributed by atoms with Gasteiger partial charge in [-0.15, -0.1) is 0 Å². The number of aliphatic hydroxyl groups is 1. The Morgan fingerprint density at radius 3 is 2.49 bits per heavy atom. The number of hydrogen-bond donors (Lipinski definition) is 6. The lowest BCUT2D eigenvalue weighted by Crippen LogP contribution is -2.63. The topological polar surface area (TPSA) is 272 Å². The largest absolute Gasteiger partial charge is 0.495 e. The van der Waals surface area contributed by atoms with Crippen LogP contribution in [0, 0.1) is 5.92 Å². The highest BCUT2D eigenvalue weighted by Crippen LogP contribution is 2.49. The van der Waals surface area contributed by atoms with Gasteiger partial charge in [0.1, 0.15) is 46.8 Å². The number of aryl methyl sites for hydroxylation is 1. The smallest absolute Gasteiger partial charge is 0.409 e. The molecule has 3 aliphatic rings. The summed E-state index contributed by atoms with van der Waals surface area (Å²) in [6.07, 6.45) is -0.300. The number of alkyl carbamates (subject to hydrolysis) is 1. The predicted octanol–water partition coefficient (Wildman–Crippen LogP) is 4.37. The first kappa shape index (κ1) is 60.7. The van der Waals surface area contributed by atoms with Crippen LogP contribution in [-0.4, -0.2) is 163 Å². The highest BCUT2D eigenvalue weighted by molar-refractivity contribution is 6.35. The molecule has 0 saturated carbocycles. The van der Waals surface area contributed by atoms with Crippen molar-refractivity contribution in [2.75, 3.05) is 53.9 Å². The maximum absolute atomic E-state index is 14.4. The number of fused-ring (bicyclic) bond motifs is 6. The molecule has 4 heterocycles. The third-order valence-electron chi connectivity index (χ3n) is 14.9.